The maximum atomic E-state index is 12.4. The van der Waals surface area contributed by atoms with E-state index in [2.05, 4.69) is 15.3 Å². The monoisotopic (exact) mass is 283 g/mol. The molecule has 0 aliphatic carbocycles. The van der Waals surface area contributed by atoms with Gasteiger partial charge >= 0.3 is 6.18 Å². The van der Waals surface area contributed by atoms with E-state index < -0.39 is 18.6 Å². The van der Waals surface area contributed by atoms with Gasteiger partial charge in [0, 0.05) is 6.42 Å². The zero-order chi connectivity index (χ0) is 14.6. The fourth-order valence-corrected chi connectivity index (χ4v) is 2.05. The predicted molar refractivity (Wildman–Crippen MR) is 71.2 cm³/mol. The summed E-state index contributed by atoms with van der Waals surface area (Å²) in [6, 6.07) is 6.88. The molecule has 20 heavy (non-hydrogen) atoms. The smallest absolute Gasteiger partial charge is 0.309 e. The van der Waals surface area contributed by atoms with Crippen molar-refractivity contribution in [3.05, 3.63) is 36.2 Å². The number of hydrogen-bond acceptors (Lipinski definition) is 3. The molecular formula is C14H16F3N3. The van der Waals surface area contributed by atoms with Crippen LogP contribution in [0, 0.1) is 0 Å². The molecule has 1 N–H and O–H groups in total. The lowest BCUT2D eigenvalue weighted by Gasteiger charge is -2.18. The van der Waals surface area contributed by atoms with Gasteiger partial charge in [-0.2, -0.15) is 13.2 Å². The third-order valence-corrected chi connectivity index (χ3v) is 2.99. The van der Waals surface area contributed by atoms with Crippen molar-refractivity contribution in [2.45, 2.75) is 32.0 Å². The van der Waals surface area contributed by atoms with Crippen molar-refractivity contribution in [1.82, 2.24) is 15.3 Å². The molecule has 2 aromatic rings. The lowest BCUT2D eigenvalue weighted by molar-refractivity contribution is -0.136. The Morgan fingerprint density at radius 1 is 1.20 bits per heavy atom. The molecule has 0 saturated heterocycles. The molecule has 1 aromatic carbocycles. The number of alkyl halides is 3. The number of aromatic nitrogens is 2. The number of halogens is 3. The van der Waals surface area contributed by atoms with Crippen molar-refractivity contribution in [1.29, 1.82) is 0 Å². The minimum Gasteiger partial charge on any atom is -0.309 e. The van der Waals surface area contributed by atoms with Crippen LogP contribution in [0.1, 0.15) is 31.5 Å². The van der Waals surface area contributed by atoms with E-state index in [9.17, 15) is 13.2 Å². The average Bonchev–Trinajstić information content (AvgIpc) is 2.42. The Labute approximate surface area is 115 Å². The van der Waals surface area contributed by atoms with Gasteiger partial charge in [-0.3, -0.25) is 4.98 Å². The second-order valence-electron chi connectivity index (χ2n) is 4.55. The van der Waals surface area contributed by atoms with Crippen LogP contribution >= 0.6 is 0 Å². The summed E-state index contributed by atoms with van der Waals surface area (Å²) in [5.41, 5.74) is 1.98. The van der Waals surface area contributed by atoms with E-state index in [1.54, 1.807) is 12.3 Å². The van der Waals surface area contributed by atoms with Crippen LogP contribution < -0.4 is 5.32 Å². The van der Waals surface area contributed by atoms with Crippen molar-refractivity contribution in [2.75, 3.05) is 6.54 Å². The van der Waals surface area contributed by atoms with E-state index in [1.807, 2.05) is 25.1 Å². The number of para-hydroxylation sites is 2. The molecule has 0 spiro atoms. The van der Waals surface area contributed by atoms with Crippen LogP contribution in [0.15, 0.2) is 30.5 Å². The summed E-state index contributed by atoms with van der Waals surface area (Å²) in [7, 11) is 0. The highest BCUT2D eigenvalue weighted by atomic mass is 19.4. The van der Waals surface area contributed by atoms with Gasteiger partial charge in [0.05, 0.1) is 29.0 Å². The van der Waals surface area contributed by atoms with Gasteiger partial charge in [0.2, 0.25) is 0 Å². The maximum Gasteiger partial charge on any atom is 0.389 e. The molecule has 0 aliphatic rings. The number of rotatable bonds is 5. The summed E-state index contributed by atoms with van der Waals surface area (Å²) in [6.45, 7) is 2.44. The van der Waals surface area contributed by atoms with Crippen LogP contribution in [-0.2, 0) is 0 Å². The van der Waals surface area contributed by atoms with Gasteiger partial charge < -0.3 is 5.32 Å². The molecule has 2 rings (SSSR count). The van der Waals surface area contributed by atoms with Crippen LogP contribution in [0.3, 0.4) is 0 Å². The molecule has 0 fully saturated rings. The minimum atomic E-state index is -4.15. The molecule has 108 valence electrons. The van der Waals surface area contributed by atoms with Crippen LogP contribution in [0.2, 0.25) is 0 Å². The molecule has 1 atom stereocenters. The van der Waals surface area contributed by atoms with Crippen molar-refractivity contribution >= 4 is 11.0 Å². The van der Waals surface area contributed by atoms with Crippen LogP contribution in [0.5, 0.6) is 0 Å². The Kier molecular flexibility index (Phi) is 4.54. The molecular weight excluding hydrogens is 267 g/mol. The first-order valence-corrected chi connectivity index (χ1v) is 6.51. The maximum absolute atomic E-state index is 12.4. The van der Waals surface area contributed by atoms with Crippen LogP contribution in [-0.4, -0.2) is 22.7 Å². The Morgan fingerprint density at radius 2 is 1.90 bits per heavy atom. The summed E-state index contributed by atoms with van der Waals surface area (Å²) in [6.07, 6.45) is -3.48. The predicted octanol–water partition coefficient (Wildman–Crippen LogP) is 3.62. The number of fused-ring (bicyclic) bond motifs is 1. The van der Waals surface area contributed by atoms with Gasteiger partial charge in [0.1, 0.15) is 0 Å². The highest BCUT2D eigenvalue weighted by Gasteiger charge is 2.29. The first kappa shape index (κ1) is 14.7. The molecule has 1 heterocycles. The molecule has 6 heteroatoms. The lowest BCUT2D eigenvalue weighted by atomic mass is 10.1. The normalized spacial score (nSPS) is 13.6. The zero-order valence-electron chi connectivity index (χ0n) is 11.1. The quantitative estimate of drug-likeness (QED) is 0.910. The number of nitrogens with one attached hydrogen (secondary N) is 1. The third-order valence-electron chi connectivity index (χ3n) is 2.99. The molecule has 0 bridgehead atoms. The molecule has 0 radical (unpaired) electrons. The third kappa shape index (κ3) is 3.90. The highest BCUT2D eigenvalue weighted by Crippen LogP contribution is 2.27. The Balaban J connectivity index is 2.21. The first-order chi connectivity index (χ1) is 9.49. The first-order valence-electron chi connectivity index (χ1n) is 6.51. The van der Waals surface area contributed by atoms with E-state index in [0.29, 0.717) is 17.8 Å². The van der Waals surface area contributed by atoms with Crippen LogP contribution in [0.4, 0.5) is 13.2 Å². The second kappa shape index (κ2) is 6.17. The number of nitrogens with zero attached hydrogens (tertiary/aromatic N) is 2. The van der Waals surface area contributed by atoms with Crippen molar-refractivity contribution in [3.63, 3.8) is 0 Å². The highest BCUT2D eigenvalue weighted by molar-refractivity contribution is 5.73. The largest absolute Gasteiger partial charge is 0.389 e. The topological polar surface area (TPSA) is 37.8 Å². The van der Waals surface area contributed by atoms with E-state index in [1.165, 1.54) is 0 Å². The minimum absolute atomic E-state index is 0.0373. The molecule has 3 nitrogen and oxygen atoms in total. The van der Waals surface area contributed by atoms with E-state index in [-0.39, 0.29) is 6.42 Å². The van der Waals surface area contributed by atoms with E-state index in [4.69, 9.17) is 0 Å². The Bertz CT molecular complexity index is 569. The second-order valence-corrected chi connectivity index (χ2v) is 4.55. The Hall–Kier alpha value is -1.69. The SMILES string of the molecule is CCNC(CCC(F)(F)F)c1cnc2ccccc2n1. The van der Waals surface area contributed by atoms with E-state index in [0.717, 1.165) is 5.52 Å². The van der Waals surface area contributed by atoms with Gasteiger partial charge in [-0.05, 0) is 25.1 Å². The number of hydrogen-bond donors (Lipinski definition) is 1. The fraction of sp³-hybridized carbons (Fsp3) is 0.429. The molecule has 1 unspecified atom stereocenters. The fourth-order valence-electron chi connectivity index (χ4n) is 2.05. The van der Waals surface area contributed by atoms with Gasteiger partial charge in [-0.1, -0.05) is 19.1 Å². The summed E-state index contributed by atoms with van der Waals surface area (Å²) in [5.74, 6) is 0. The summed E-state index contributed by atoms with van der Waals surface area (Å²) >= 11 is 0. The van der Waals surface area contributed by atoms with Gasteiger partial charge in [0.25, 0.3) is 0 Å². The Morgan fingerprint density at radius 3 is 2.55 bits per heavy atom. The van der Waals surface area contributed by atoms with Crippen molar-refractivity contribution in [3.8, 4) is 0 Å². The van der Waals surface area contributed by atoms with Gasteiger partial charge in [0.15, 0.2) is 0 Å². The van der Waals surface area contributed by atoms with Crippen molar-refractivity contribution < 1.29 is 13.2 Å². The zero-order valence-corrected chi connectivity index (χ0v) is 11.1. The molecule has 0 amide bonds. The molecule has 0 saturated carbocycles. The van der Waals surface area contributed by atoms with E-state index >= 15 is 0 Å². The molecule has 1 aromatic heterocycles. The lowest BCUT2D eigenvalue weighted by Crippen LogP contribution is -2.24. The summed E-state index contributed by atoms with van der Waals surface area (Å²) in [4.78, 5) is 8.65. The molecule has 0 aliphatic heterocycles. The standard InChI is InChI=1S/C14H16F3N3/c1-2-18-11(7-8-14(15,16)17)13-9-19-10-5-3-4-6-12(10)20-13/h3-6,9,11,18H,2,7-8H2,1H3. The number of benzene rings is 1. The van der Waals surface area contributed by atoms with Gasteiger partial charge in [-0.15, -0.1) is 0 Å². The van der Waals surface area contributed by atoms with Crippen molar-refractivity contribution in [2.24, 2.45) is 0 Å². The van der Waals surface area contributed by atoms with Crippen LogP contribution in [0.25, 0.3) is 11.0 Å². The summed E-state index contributed by atoms with van der Waals surface area (Å²) < 4.78 is 37.1. The average molecular weight is 283 g/mol. The van der Waals surface area contributed by atoms with Gasteiger partial charge in [-0.25, -0.2) is 4.98 Å². The summed E-state index contributed by atoms with van der Waals surface area (Å²) in [5, 5.41) is 3.03.